The Morgan fingerprint density at radius 3 is 2.67 bits per heavy atom. The summed E-state index contributed by atoms with van der Waals surface area (Å²) in [5, 5.41) is 0. The largest absolute Gasteiger partial charge is 0.480 e. The summed E-state index contributed by atoms with van der Waals surface area (Å²) in [5.74, 6) is 0.207. The lowest BCUT2D eigenvalue weighted by atomic mass is 9.96. The van der Waals surface area contributed by atoms with Gasteiger partial charge in [-0.1, -0.05) is 13.3 Å². The van der Waals surface area contributed by atoms with E-state index in [-0.39, 0.29) is 18.1 Å². The van der Waals surface area contributed by atoms with Crippen molar-refractivity contribution in [2.45, 2.75) is 25.4 Å². The van der Waals surface area contributed by atoms with E-state index in [0.717, 1.165) is 0 Å². The standard InChI is InChI=1S/C10H16FN3O/c1-3-4-10(11,7-12)8-9(15-2)14-6-5-13-8/h5-6H,3-4,7,12H2,1-2H3. The molecule has 0 bridgehead atoms. The van der Waals surface area contributed by atoms with Crippen molar-refractivity contribution in [2.75, 3.05) is 13.7 Å². The molecule has 1 rings (SSSR count). The number of alkyl halides is 1. The van der Waals surface area contributed by atoms with Gasteiger partial charge in [0.1, 0.15) is 5.69 Å². The number of nitrogens with zero attached hydrogens (tertiary/aromatic N) is 2. The Morgan fingerprint density at radius 2 is 2.13 bits per heavy atom. The summed E-state index contributed by atoms with van der Waals surface area (Å²) in [7, 11) is 1.44. The van der Waals surface area contributed by atoms with Gasteiger partial charge in [-0.15, -0.1) is 0 Å². The minimum atomic E-state index is -1.64. The molecular weight excluding hydrogens is 197 g/mol. The van der Waals surface area contributed by atoms with Crippen molar-refractivity contribution in [3.05, 3.63) is 18.1 Å². The van der Waals surface area contributed by atoms with Gasteiger partial charge in [-0.3, -0.25) is 4.98 Å². The van der Waals surface area contributed by atoms with Crippen molar-refractivity contribution in [1.29, 1.82) is 0 Å². The summed E-state index contributed by atoms with van der Waals surface area (Å²) in [5.41, 5.74) is 4.00. The molecule has 0 aromatic carbocycles. The monoisotopic (exact) mass is 213 g/mol. The van der Waals surface area contributed by atoms with Crippen molar-refractivity contribution in [1.82, 2.24) is 9.97 Å². The van der Waals surface area contributed by atoms with Crippen molar-refractivity contribution < 1.29 is 9.13 Å². The molecule has 2 N–H and O–H groups in total. The van der Waals surface area contributed by atoms with Gasteiger partial charge >= 0.3 is 0 Å². The molecule has 1 aromatic rings. The summed E-state index contributed by atoms with van der Waals surface area (Å²) in [6.07, 6.45) is 3.91. The molecule has 5 heteroatoms. The van der Waals surface area contributed by atoms with Crippen LogP contribution in [0.4, 0.5) is 4.39 Å². The highest BCUT2D eigenvalue weighted by Crippen LogP contribution is 2.33. The first-order valence-electron chi connectivity index (χ1n) is 4.92. The Hall–Kier alpha value is -1.23. The smallest absolute Gasteiger partial charge is 0.238 e. The number of hydrogen-bond donors (Lipinski definition) is 1. The predicted octanol–water partition coefficient (Wildman–Crippen LogP) is 1.41. The van der Waals surface area contributed by atoms with Gasteiger partial charge in [0.15, 0.2) is 5.67 Å². The van der Waals surface area contributed by atoms with E-state index in [1.807, 2.05) is 6.92 Å². The van der Waals surface area contributed by atoms with Crippen LogP contribution in [0.3, 0.4) is 0 Å². The summed E-state index contributed by atoms with van der Waals surface area (Å²) >= 11 is 0. The molecule has 0 aliphatic heterocycles. The SMILES string of the molecule is CCCC(F)(CN)c1nccnc1OC. The molecule has 0 saturated heterocycles. The highest BCUT2D eigenvalue weighted by molar-refractivity contribution is 5.24. The van der Waals surface area contributed by atoms with Gasteiger partial charge in [-0.2, -0.15) is 0 Å². The van der Waals surface area contributed by atoms with Crippen LogP contribution in [0.5, 0.6) is 5.88 Å². The van der Waals surface area contributed by atoms with Crippen LogP contribution in [-0.2, 0) is 5.67 Å². The summed E-state index contributed by atoms with van der Waals surface area (Å²) in [6.45, 7) is 1.78. The Balaban J connectivity index is 3.10. The van der Waals surface area contributed by atoms with Crippen molar-refractivity contribution in [2.24, 2.45) is 5.73 Å². The second kappa shape index (κ2) is 5.02. The van der Waals surface area contributed by atoms with Crippen LogP contribution in [0.15, 0.2) is 12.4 Å². The van der Waals surface area contributed by atoms with E-state index in [1.165, 1.54) is 19.5 Å². The maximum atomic E-state index is 14.4. The normalized spacial score (nSPS) is 14.7. The Bertz CT molecular complexity index is 321. The molecule has 84 valence electrons. The maximum absolute atomic E-state index is 14.4. The van der Waals surface area contributed by atoms with Crippen LogP contribution in [0.25, 0.3) is 0 Å². The molecule has 0 aliphatic carbocycles. The van der Waals surface area contributed by atoms with Crippen LogP contribution in [0.2, 0.25) is 0 Å². The van der Waals surface area contributed by atoms with E-state index in [4.69, 9.17) is 10.5 Å². The maximum Gasteiger partial charge on any atom is 0.238 e. The first-order valence-corrected chi connectivity index (χ1v) is 4.92. The van der Waals surface area contributed by atoms with Gasteiger partial charge in [0.05, 0.1) is 7.11 Å². The Labute approximate surface area is 88.7 Å². The lowest BCUT2D eigenvalue weighted by Crippen LogP contribution is -2.32. The fourth-order valence-electron chi connectivity index (χ4n) is 1.50. The molecule has 0 aliphatic rings. The molecule has 1 heterocycles. The minimum Gasteiger partial charge on any atom is -0.480 e. The highest BCUT2D eigenvalue weighted by Gasteiger charge is 2.34. The number of halogens is 1. The lowest BCUT2D eigenvalue weighted by Gasteiger charge is -2.23. The first-order chi connectivity index (χ1) is 7.18. The van der Waals surface area contributed by atoms with Crippen LogP contribution in [-0.4, -0.2) is 23.6 Å². The zero-order valence-electron chi connectivity index (χ0n) is 9.03. The van der Waals surface area contributed by atoms with Gasteiger partial charge in [0, 0.05) is 18.9 Å². The fourth-order valence-corrected chi connectivity index (χ4v) is 1.50. The lowest BCUT2D eigenvalue weighted by molar-refractivity contribution is 0.146. The average Bonchev–Trinajstić information content (AvgIpc) is 2.29. The molecule has 0 radical (unpaired) electrons. The van der Waals surface area contributed by atoms with Crippen molar-refractivity contribution in [3.8, 4) is 5.88 Å². The zero-order chi connectivity index (χ0) is 11.3. The van der Waals surface area contributed by atoms with E-state index in [1.54, 1.807) is 0 Å². The fraction of sp³-hybridized carbons (Fsp3) is 0.600. The number of ether oxygens (including phenoxy) is 1. The minimum absolute atomic E-state index is 0.115. The number of hydrogen-bond acceptors (Lipinski definition) is 4. The third-order valence-electron chi connectivity index (χ3n) is 2.25. The second-order valence-corrected chi connectivity index (χ2v) is 3.33. The molecule has 1 aromatic heterocycles. The average molecular weight is 213 g/mol. The molecule has 0 fully saturated rings. The summed E-state index contributed by atoms with van der Waals surface area (Å²) in [6, 6.07) is 0. The van der Waals surface area contributed by atoms with Crippen LogP contribution < -0.4 is 10.5 Å². The molecule has 15 heavy (non-hydrogen) atoms. The molecule has 1 unspecified atom stereocenters. The quantitative estimate of drug-likeness (QED) is 0.803. The van der Waals surface area contributed by atoms with E-state index in [2.05, 4.69) is 9.97 Å². The number of aromatic nitrogens is 2. The second-order valence-electron chi connectivity index (χ2n) is 3.33. The van der Waals surface area contributed by atoms with E-state index >= 15 is 0 Å². The van der Waals surface area contributed by atoms with Crippen LogP contribution in [0, 0.1) is 0 Å². The van der Waals surface area contributed by atoms with Gasteiger partial charge in [0.25, 0.3) is 0 Å². The Morgan fingerprint density at radius 1 is 1.47 bits per heavy atom. The zero-order valence-corrected chi connectivity index (χ0v) is 9.03. The molecule has 0 spiro atoms. The number of methoxy groups -OCH3 is 1. The molecular formula is C10H16FN3O. The molecule has 4 nitrogen and oxygen atoms in total. The number of nitrogens with two attached hydrogens (primary N) is 1. The van der Waals surface area contributed by atoms with Crippen LogP contribution >= 0.6 is 0 Å². The summed E-state index contributed by atoms with van der Waals surface area (Å²) < 4.78 is 19.4. The van der Waals surface area contributed by atoms with Crippen LogP contribution in [0.1, 0.15) is 25.5 Å². The first kappa shape index (κ1) is 11.8. The molecule has 0 amide bonds. The van der Waals surface area contributed by atoms with Gasteiger partial charge in [0.2, 0.25) is 5.88 Å². The molecule has 0 saturated carbocycles. The Kier molecular flexibility index (Phi) is 3.96. The molecule has 1 atom stereocenters. The highest BCUT2D eigenvalue weighted by atomic mass is 19.1. The van der Waals surface area contributed by atoms with Gasteiger partial charge in [-0.25, -0.2) is 9.37 Å². The van der Waals surface area contributed by atoms with Gasteiger partial charge in [-0.05, 0) is 6.42 Å². The van der Waals surface area contributed by atoms with Crippen molar-refractivity contribution >= 4 is 0 Å². The van der Waals surface area contributed by atoms with E-state index in [0.29, 0.717) is 12.8 Å². The van der Waals surface area contributed by atoms with Gasteiger partial charge < -0.3 is 10.5 Å². The van der Waals surface area contributed by atoms with E-state index < -0.39 is 5.67 Å². The third kappa shape index (κ3) is 2.41. The number of rotatable bonds is 5. The van der Waals surface area contributed by atoms with Crippen molar-refractivity contribution in [3.63, 3.8) is 0 Å². The topological polar surface area (TPSA) is 61.0 Å². The van der Waals surface area contributed by atoms with E-state index in [9.17, 15) is 4.39 Å². The predicted molar refractivity (Wildman–Crippen MR) is 55.3 cm³/mol. The third-order valence-corrected chi connectivity index (χ3v) is 2.25. The summed E-state index contributed by atoms with van der Waals surface area (Å²) in [4.78, 5) is 7.88.